The Kier molecular flexibility index (Phi) is 3.67. The summed E-state index contributed by atoms with van der Waals surface area (Å²) in [5.74, 6) is -3.26. The van der Waals surface area contributed by atoms with Gasteiger partial charge in [-0.05, 0) is 28.9 Å². The largest absolute Gasteiger partial charge is 0.476 e. The van der Waals surface area contributed by atoms with E-state index in [1.165, 1.54) is 13.1 Å². The third-order valence-electron chi connectivity index (χ3n) is 2.54. The van der Waals surface area contributed by atoms with Crippen LogP contribution in [-0.2, 0) is 0 Å². The molecule has 20 heavy (non-hydrogen) atoms. The van der Waals surface area contributed by atoms with E-state index in [1.807, 2.05) is 0 Å². The average Bonchev–Trinajstić information content (AvgIpc) is 2.36. The van der Waals surface area contributed by atoms with E-state index in [0.717, 1.165) is 10.7 Å². The molecule has 0 fully saturated rings. The molecule has 0 amide bonds. The van der Waals surface area contributed by atoms with E-state index in [9.17, 15) is 18.4 Å². The van der Waals surface area contributed by atoms with Crippen molar-refractivity contribution in [3.8, 4) is 5.69 Å². The molecule has 0 saturated carbocycles. The summed E-state index contributed by atoms with van der Waals surface area (Å²) < 4.78 is 27.8. The zero-order valence-electron chi connectivity index (χ0n) is 10.0. The first kappa shape index (κ1) is 14.3. The van der Waals surface area contributed by atoms with Crippen molar-refractivity contribution >= 4 is 21.9 Å². The van der Waals surface area contributed by atoms with Gasteiger partial charge in [-0.2, -0.15) is 5.10 Å². The molecule has 0 saturated heterocycles. The van der Waals surface area contributed by atoms with Gasteiger partial charge in [-0.15, -0.1) is 0 Å². The van der Waals surface area contributed by atoms with Crippen LogP contribution in [0.3, 0.4) is 0 Å². The molecular formula is C12H7BrF2N2O3. The van der Waals surface area contributed by atoms with Crippen LogP contribution in [0.25, 0.3) is 5.69 Å². The quantitative estimate of drug-likeness (QED) is 0.848. The van der Waals surface area contributed by atoms with Gasteiger partial charge in [-0.25, -0.2) is 18.3 Å². The van der Waals surface area contributed by atoms with E-state index in [4.69, 9.17) is 5.11 Å². The van der Waals surface area contributed by atoms with Crippen LogP contribution in [0.4, 0.5) is 8.78 Å². The molecule has 0 aliphatic heterocycles. The van der Waals surface area contributed by atoms with Crippen LogP contribution in [0.2, 0.25) is 0 Å². The fourth-order valence-corrected chi connectivity index (χ4v) is 1.89. The topological polar surface area (TPSA) is 72.2 Å². The predicted octanol–water partition coefficient (Wildman–Crippen LogP) is 2.28. The summed E-state index contributed by atoms with van der Waals surface area (Å²) in [6.45, 7) is 1.38. The first-order valence-electron chi connectivity index (χ1n) is 5.30. The minimum Gasteiger partial charge on any atom is -0.476 e. The number of carbonyl (C=O) groups is 1. The molecule has 0 unspecified atom stereocenters. The van der Waals surface area contributed by atoms with Gasteiger partial charge in [0.25, 0.3) is 0 Å². The summed E-state index contributed by atoms with van der Waals surface area (Å²) in [5.41, 5.74) is -1.58. The Morgan fingerprint density at radius 2 is 2.00 bits per heavy atom. The summed E-state index contributed by atoms with van der Waals surface area (Å²) in [4.78, 5) is 22.5. The Balaban J connectivity index is 2.74. The van der Waals surface area contributed by atoms with Crippen LogP contribution >= 0.6 is 15.9 Å². The number of benzene rings is 1. The van der Waals surface area contributed by atoms with E-state index in [1.54, 1.807) is 0 Å². The SMILES string of the molecule is Cc1cn(-c2cc(Br)c(F)cc2F)nc(C(=O)O)c1=O. The lowest BCUT2D eigenvalue weighted by atomic mass is 10.2. The van der Waals surface area contributed by atoms with Crippen molar-refractivity contribution < 1.29 is 18.7 Å². The lowest BCUT2D eigenvalue weighted by Crippen LogP contribution is -2.23. The zero-order valence-corrected chi connectivity index (χ0v) is 11.6. The van der Waals surface area contributed by atoms with E-state index in [-0.39, 0.29) is 15.7 Å². The molecule has 0 radical (unpaired) electrons. The number of hydrogen-bond acceptors (Lipinski definition) is 3. The number of halogens is 3. The van der Waals surface area contributed by atoms with Crippen molar-refractivity contribution in [2.45, 2.75) is 6.92 Å². The lowest BCUT2D eigenvalue weighted by Gasteiger charge is -2.09. The highest BCUT2D eigenvalue weighted by atomic mass is 79.9. The van der Waals surface area contributed by atoms with Crippen LogP contribution in [0, 0.1) is 18.6 Å². The van der Waals surface area contributed by atoms with E-state index in [2.05, 4.69) is 21.0 Å². The molecule has 1 N–H and O–H groups in total. The number of rotatable bonds is 2. The zero-order chi connectivity index (χ0) is 15.0. The fourth-order valence-electron chi connectivity index (χ4n) is 1.56. The maximum Gasteiger partial charge on any atom is 0.360 e. The normalized spacial score (nSPS) is 10.6. The van der Waals surface area contributed by atoms with E-state index < -0.39 is 28.7 Å². The summed E-state index contributed by atoms with van der Waals surface area (Å²) in [5, 5.41) is 12.4. The van der Waals surface area contributed by atoms with Gasteiger partial charge in [-0.3, -0.25) is 4.79 Å². The Morgan fingerprint density at radius 3 is 2.60 bits per heavy atom. The standard InChI is InChI=1S/C12H7BrF2N2O3/c1-5-4-17(16-10(11(5)18)12(19)20)9-2-6(13)7(14)3-8(9)15/h2-4H,1H3,(H,19,20). The molecule has 0 bridgehead atoms. The molecule has 8 heteroatoms. The number of hydrogen-bond donors (Lipinski definition) is 1. The van der Waals surface area contributed by atoms with Gasteiger partial charge < -0.3 is 5.11 Å². The minimum atomic E-state index is -1.52. The van der Waals surface area contributed by atoms with Crippen molar-refractivity contribution in [2.24, 2.45) is 0 Å². The van der Waals surface area contributed by atoms with Crippen molar-refractivity contribution in [1.29, 1.82) is 0 Å². The Labute approximate surface area is 119 Å². The third kappa shape index (κ3) is 2.46. The number of carboxylic acids is 1. The van der Waals surface area contributed by atoms with E-state index >= 15 is 0 Å². The van der Waals surface area contributed by atoms with Gasteiger partial charge in [-0.1, -0.05) is 0 Å². The number of nitrogens with zero attached hydrogens (tertiary/aromatic N) is 2. The highest BCUT2D eigenvalue weighted by molar-refractivity contribution is 9.10. The lowest BCUT2D eigenvalue weighted by molar-refractivity contribution is 0.0686. The smallest absolute Gasteiger partial charge is 0.360 e. The van der Waals surface area contributed by atoms with Crippen molar-refractivity contribution in [3.05, 3.63) is 55.9 Å². The van der Waals surface area contributed by atoms with Crippen LogP contribution < -0.4 is 5.43 Å². The maximum absolute atomic E-state index is 13.7. The molecule has 1 aromatic carbocycles. The van der Waals surface area contributed by atoms with Gasteiger partial charge >= 0.3 is 5.97 Å². The highest BCUT2D eigenvalue weighted by Crippen LogP contribution is 2.22. The van der Waals surface area contributed by atoms with Gasteiger partial charge in [0, 0.05) is 17.8 Å². The van der Waals surface area contributed by atoms with Gasteiger partial charge in [0.15, 0.2) is 5.82 Å². The number of aromatic nitrogens is 2. The fraction of sp³-hybridized carbons (Fsp3) is 0.0833. The van der Waals surface area contributed by atoms with Crippen LogP contribution in [0.1, 0.15) is 16.1 Å². The molecule has 1 aromatic heterocycles. The Hall–Kier alpha value is -2.09. The van der Waals surface area contributed by atoms with Crippen molar-refractivity contribution in [2.75, 3.05) is 0 Å². The third-order valence-corrected chi connectivity index (χ3v) is 3.14. The summed E-state index contributed by atoms with van der Waals surface area (Å²) in [6, 6.07) is 1.74. The Morgan fingerprint density at radius 1 is 1.35 bits per heavy atom. The number of carboxylic acid groups (broad SMARTS) is 1. The van der Waals surface area contributed by atoms with Crippen molar-refractivity contribution in [1.82, 2.24) is 9.78 Å². The second-order valence-electron chi connectivity index (χ2n) is 3.96. The predicted molar refractivity (Wildman–Crippen MR) is 69.1 cm³/mol. The first-order valence-corrected chi connectivity index (χ1v) is 6.09. The second kappa shape index (κ2) is 5.12. The molecule has 0 atom stereocenters. The highest BCUT2D eigenvalue weighted by Gasteiger charge is 2.17. The number of aromatic carboxylic acids is 1. The average molecular weight is 345 g/mol. The molecule has 2 aromatic rings. The first-order chi connectivity index (χ1) is 9.31. The molecule has 0 spiro atoms. The molecule has 5 nitrogen and oxygen atoms in total. The minimum absolute atomic E-state index is 0.0103. The summed E-state index contributed by atoms with van der Waals surface area (Å²) >= 11 is 2.90. The molecule has 0 aliphatic rings. The molecule has 104 valence electrons. The van der Waals surface area contributed by atoms with Crippen LogP contribution in [-0.4, -0.2) is 20.9 Å². The maximum atomic E-state index is 13.7. The molecule has 0 aliphatic carbocycles. The monoisotopic (exact) mass is 344 g/mol. The summed E-state index contributed by atoms with van der Waals surface area (Å²) in [7, 11) is 0. The van der Waals surface area contributed by atoms with Gasteiger partial charge in [0.2, 0.25) is 11.1 Å². The van der Waals surface area contributed by atoms with Gasteiger partial charge in [0.05, 0.1) is 4.47 Å². The second-order valence-corrected chi connectivity index (χ2v) is 4.81. The van der Waals surface area contributed by atoms with Gasteiger partial charge in [0.1, 0.15) is 11.5 Å². The molecule has 1 heterocycles. The number of aryl methyl sites for hydroxylation is 1. The van der Waals surface area contributed by atoms with Crippen LogP contribution in [0.15, 0.2) is 27.6 Å². The van der Waals surface area contributed by atoms with Crippen molar-refractivity contribution in [3.63, 3.8) is 0 Å². The van der Waals surface area contributed by atoms with E-state index in [0.29, 0.717) is 6.07 Å². The Bertz CT molecular complexity index is 774. The molecular weight excluding hydrogens is 338 g/mol. The summed E-state index contributed by atoms with van der Waals surface area (Å²) in [6.07, 6.45) is 1.18. The van der Waals surface area contributed by atoms with Crippen LogP contribution in [0.5, 0.6) is 0 Å². The molecule has 2 rings (SSSR count).